The summed E-state index contributed by atoms with van der Waals surface area (Å²) in [5.74, 6) is 0.877. The molecule has 0 bridgehead atoms. The number of carbonyl (C=O) groups is 2. The first-order chi connectivity index (χ1) is 14.7. The Bertz CT molecular complexity index is 1080. The lowest BCUT2D eigenvalue weighted by Gasteiger charge is -2.17. The van der Waals surface area contributed by atoms with Crippen molar-refractivity contribution in [3.8, 4) is 5.75 Å². The van der Waals surface area contributed by atoms with Crippen molar-refractivity contribution in [2.75, 3.05) is 29.2 Å². The first-order valence-corrected chi connectivity index (χ1v) is 9.72. The highest BCUT2D eigenvalue weighted by Gasteiger charge is 2.22. The van der Waals surface area contributed by atoms with Crippen LogP contribution in [0.1, 0.15) is 23.2 Å². The molecule has 7 heteroatoms. The average Bonchev–Trinajstić information content (AvgIpc) is 3.20. The van der Waals surface area contributed by atoms with Crippen LogP contribution in [0.3, 0.4) is 0 Å². The van der Waals surface area contributed by atoms with E-state index in [9.17, 15) is 9.59 Å². The van der Waals surface area contributed by atoms with E-state index in [-0.39, 0.29) is 11.8 Å². The molecular formula is C23H22N4O3. The van der Waals surface area contributed by atoms with Gasteiger partial charge in [0.15, 0.2) is 0 Å². The predicted molar refractivity (Wildman–Crippen MR) is 116 cm³/mol. The molecule has 1 aliphatic heterocycles. The van der Waals surface area contributed by atoms with Crippen LogP contribution in [-0.2, 0) is 4.79 Å². The second-order valence-electron chi connectivity index (χ2n) is 6.88. The van der Waals surface area contributed by atoms with Crippen LogP contribution in [0, 0.1) is 0 Å². The summed E-state index contributed by atoms with van der Waals surface area (Å²) in [6, 6.07) is 18.1. The second kappa shape index (κ2) is 8.65. The number of pyridine rings is 1. The van der Waals surface area contributed by atoms with Crippen LogP contribution >= 0.6 is 0 Å². The van der Waals surface area contributed by atoms with Crippen molar-refractivity contribution >= 4 is 34.7 Å². The van der Waals surface area contributed by atoms with Crippen molar-refractivity contribution in [3.05, 3.63) is 72.4 Å². The molecule has 1 fully saturated rings. The molecule has 4 rings (SSSR count). The molecule has 0 radical (unpaired) electrons. The Hall–Kier alpha value is -3.87. The molecule has 2 amide bonds. The second-order valence-corrected chi connectivity index (χ2v) is 6.88. The van der Waals surface area contributed by atoms with Crippen molar-refractivity contribution in [3.63, 3.8) is 0 Å². The number of hydrogen-bond acceptors (Lipinski definition) is 5. The third kappa shape index (κ3) is 4.10. The van der Waals surface area contributed by atoms with E-state index in [0.29, 0.717) is 41.5 Å². The van der Waals surface area contributed by atoms with Crippen molar-refractivity contribution < 1.29 is 14.3 Å². The Labute approximate surface area is 174 Å². The van der Waals surface area contributed by atoms with Crippen LogP contribution in [-0.4, -0.2) is 30.5 Å². The van der Waals surface area contributed by atoms with Gasteiger partial charge in [0.25, 0.3) is 5.91 Å². The number of carbonyl (C=O) groups excluding carboxylic acids is 2. The SMILES string of the molecule is COc1ccccc1Nc1ncccc1C(=O)Nc1cccc(N2CCCC2=O)c1. The summed E-state index contributed by atoms with van der Waals surface area (Å²) in [6.45, 7) is 0.700. The largest absolute Gasteiger partial charge is 0.495 e. The van der Waals surface area contributed by atoms with Gasteiger partial charge in [-0.1, -0.05) is 18.2 Å². The molecule has 0 spiro atoms. The van der Waals surface area contributed by atoms with Crippen LogP contribution in [0.2, 0.25) is 0 Å². The maximum absolute atomic E-state index is 13.0. The predicted octanol–water partition coefficient (Wildman–Crippen LogP) is 4.21. The lowest BCUT2D eigenvalue weighted by molar-refractivity contribution is -0.117. The van der Waals surface area contributed by atoms with Gasteiger partial charge in [0.1, 0.15) is 11.6 Å². The molecule has 0 aliphatic carbocycles. The molecule has 152 valence electrons. The highest BCUT2D eigenvalue weighted by molar-refractivity contribution is 6.08. The summed E-state index contributed by atoms with van der Waals surface area (Å²) in [5, 5.41) is 6.07. The molecule has 1 aromatic heterocycles. The van der Waals surface area contributed by atoms with Gasteiger partial charge < -0.3 is 20.3 Å². The zero-order valence-corrected chi connectivity index (χ0v) is 16.6. The van der Waals surface area contributed by atoms with Crippen LogP contribution in [0.25, 0.3) is 0 Å². The maximum Gasteiger partial charge on any atom is 0.259 e. The number of aromatic nitrogens is 1. The molecule has 3 aromatic rings. The minimum absolute atomic E-state index is 0.106. The van der Waals surface area contributed by atoms with Crippen molar-refractivity contribution in [2.24, 2.45) is 0 Å². The third-order valence-electron chi connectivity index (χ3n) is 4.90. The Kier molecular flexibility index (Phi) is 5.61. The molecule has 0 saturated carbocycles. The van der Waals surface area contributed by atoms with Crippen LogP contribution in [0.15, 0.2) is 66.9 Å². The molecule has 1 aliphatic rings. The average molecular weight is 402 g/mol. The van der Waals surface area contributed by atoms with E-state index >= 15 is 0 Å². The van der Waals surface area contributed by atoms with Crippen LogP contribution in [0.5, 0.6) is 5.75 Å². The van der Waals surface area contributed by atoms with Crippen LogP contribution in [0.4, 0.5) is 22.9 Å². The number of methoxy groups -OCH3 is 1. The van der Waals surface area contributed by atoms with E-state index in [0.717, 1.165) is 12.1 Å². The number of amides is 2. The van der Waals surface area contributed by atoms with Gasteiger partial charge in [-0.2, -0.15) is 0 Å². The number of rotatable bonds is 6. The molecule has 2 N–H and O–H groups in total. The Balaban J connectivity index is 1.55. The number of anilines is 4. The van der Waals surface area contributed by atoms with Gasteiger partial charge in [-0.25, -0.2) is 4.98 Å². The molecule has 0 atom stereocenters. The molecule has 2 aromatic carbocycles. The molecule has 30 heavy (non-hydrogen) atoms. The first-order valence-electron chi connectivity index (χ1n) is 9.72. The number of hydrogen-bond donors (Lipinski definition) is 2. The molecule has 1 saturated heterocycles. The lowest BCUT2D eigenvalue weighted by Crippen LogP contribution is -2.23. The fourth-order valence-corrected chi connectivity index (χ4v) is 3.43. The van der Waals surface area contributed by atoms with Gasteiger partial charge in [0.05, 0.1) is 18.4 Å². The third-order valence-corrected chi connectivity index (χ3v) is 4.90. The van der Waals surface area contributed by atoms with Crippen molar-refractivity contribution in [1.82, 2.24) is 4.98 Å². The summed E-state index contributed by atoms with van der Waals surface area (Å²) in [5.41, 5.74) is 2.51. The molecule has 7 nitrogen and oxygen atoms in total. The Morgan fingerprint density at radius 2 is 1.97 bits per heavy atom. The summed E-state index contributed by atoms with van der Waals surface area (Å²) < 4.78 is 5.36. The highest BCUT2D eigenvalue weighted by Crippen LogP contribution is 2.28. The quantitative estimate of drug-likeness (QED) is 0.645. The number of nitrogens with zero attached hydrogens (tertiary/aromatic N) is 2. The monoisotopic (exact) mass is 402 g/mol. The first kappa shape index (κ1) is 19.4. The highest BCUT2D eigenvalue weighted by atomic mass is 16.5. The smallest absolute Gasteiger partial charge is 0.259 e. The number of ether oxygens (including phenoxy) is 1. The Morgan fingerprint density at radius 1 is 1.10 bits per heavy atom. The van der Waals surface area contributed by atoms with E-state index in [1.54, 1.807) is 36.4 Å². The summed E-state index contributed by atoms with van der Waals surface area (Å²) in [4.78, 5) is 31.1. The summed E-state index contributed by atoms with van der Waals surface area (Å²) >= 11 is 0. The van der Waals surface area contributed by atoms with E-state index in [4.69, 9.17) is 4.74 Å². The fourth-order valence-electron chi connectivity index (χ4n) is 3.43. The van der Waals surface area contributed by atoms with E-state index in [1.807, 2.05) is 42.5 Å². The van der Waals surface area contributed by atoms with Crippen LogP contribution < -0.4 is 20.3 Å². The van der Waals surface area contributed by atoms with Crippen molar-refractivity contribution in [1.29, 1.82) is 0 Å². The minimum atomic E-state index is -0.301. The van der Waals surface area contributed by atoms with Gasteiger partial charge >= 0.3 is 0 Å². The van der Waals surface area contributed by atoms with Gasteiger partial charge in [-0.3, -0.25) is 9.59 Å². The number of benzene rings is 2. The van der Waals surface area contributed by atoms with E-state index in [2.05, 4.69) is 15.6 Å². The van der Waals surface area contributed by atoms with Gasteiger partial charge in [-0.05, 0) is 48.9 Å². The van der Waals surface area contributed by atoms with E-state index in [1.165, 1.54) is 0 Å². The fraction of sp³-hybridized carbons (Fsp3) is 0.174. The zero-order valence-electron chi connectivity index (χ0n) is 16.6. The maximum atomic E-state index is 13.0. The van der Waals surface area contributed by atoms with Gasteiger partial charge in [-0.15, -0.1) is 0 Å². The number of para-hydroxylation sites is 2. The standard InChI is InChI=1S/C23H22N4O3/c1-30-20-11-3-2-10-19(20)26-22-18(9-5-13-24-22)23(29)25-16-7-4-8-17(15-16)27-14-6-12-21(27)28/h2-5,7-11,13,15H,6,12,14H2,1H3,(H,24,26)(H,25,29). The minimum Gasteiger partial charge on any atom is -0.495 e. The van der Waals surface area contributed by atoms with Crippen molar-refractivity contribution in [2.45, 2.75) is 12.8 Å². The topological polar surface area (TPSA) is 83.6 Å². The zero-order chi connectivity index (χ0) is 20.9. The summed E-state index contributed by atoms with van der Waals surface area (Å²) in [7, 11) is 1.59. The number of nitrogens with one attached hydrogen (secondary N) is 2. The lowest BCUT2D eigenvalue weighted by atomic mass is 10.2. The van der Waals surface area contributed by atoms with Gasteiger partial charge in [0.2, 0.25) is 5.91 Å². The molecule has 0 unspecified atom stereocenters. The van der Waals surface area contributed by atoms with Gasteiger partial charge in [0, 0.05) is 30.5 Å². The molecule has 2 heterocycles. The Morgan fingerprint density at radius 3 is 2.77 bits per heavy atom. The summed E-state index contributed by atoms with van der Waals surface area (Å²) in [6.07, 6.45) is 3.03. The molecular weight excluding hydrogens is 380 g/mol. The van der Waals surface area contributed by atoms with E-state index < -0.39 is 0 Å². The normalized spacial score (nSPS) is 13.2.